The average Bonchev–Trinajstić information content (AvgIpc) is 2.60. The van der Waals surface area contributed by atoms with E-state index in [1.807, 2.05) is 31.8 Å². The number of hydrogen-bond donors (Lipinski definition) is 3. The maximum Gasteiger partial charge on any atom is 0.427 e. The highest BCUT2D eigenvalue weighted by molar-refractivity contribution is 5.84. The molecule has 1 rings (SSSR count). The van der Waals surface area contributed by atoms with Crippen LogP contribution >= 0.6 is 0 Å². The van der Waals surface area contributed by atoms with E-state index in [2.05, 4.69) is 20.7 Å². The third kappa shape index (κ3) is 10.1. The summed E-state index contributed by atoms with van der Waals surface area (Å²) in [4.78, 5) is 19.1. The molecule has 0 heterocycles. The van der Waals surface area contributed by atoms with Gasteiger partial charge in [-0.1, -0.05) is 6.07 Å². The zero-order valence-electron chi connectivity index (χ0n) is 14.8. The topological polar surface area (TPSA) is 112 Å². The summed E-state index contributed by atoms with van der Waals surface area (Å²) in [6.45, 7) is 7.59. The summed E-state index contributed by atoms with van der Waals surface area (Å²) in [5.74, 6) is 0.0769. The van der Waals surface area contributed by atoms with Gasteiger partial charge in [0.05, 0.1) is 12.8 Å². The number of amides is 1. The van der Waals surface area contributed by atoms with Gasteiger partial charge >= 0.3 is 6.09 Å². The number of nitrogens with one attached hydrogen (secondary N) is 2. The van der Waals surface area contributed by atoms with Crippen LogP contribution in [0.25, 0.3) is 0 Å². The average molecular weight is 354 g/mol. The predicted molar refractivity (Wildman–Crippen MR) is 94.1 cm³/mol. The van der Waals surface area contributed by atoms with Crippen LogP contribution in [-0.2, 0) is 20.8 Å². The lowest BCUT2D eigenvalue weighted by atomic mass is 10.1. The van der Waals surface area contributed by atoms with Gasteiger partial charge in [-0.3, -0.25) is 0 Å². The molecule has 0 aliphatic rings. The molecule has 0 aliphatic heterocycles. The Hall–Kier alpha value is -2.49. The second-order valence-corrected chi connectivity index (χ2v) is 4.63. The SMILES string of the molecule is C=O.CCOCNN(C)Cc1ccc(O)c(/C=N/NC(=O)OCC)c1. The molecular formula is C16H26N4O5. The molecule has 1 aromatic rings. The van der Waals surface area contributed by atoms with Crippen molar-refractivity contribution in [1.82, 2.24) is 15.9 Å². The van der Waals surface area contributed by atoms with Crippen LogP contribution in [0.3, 0.4) is 0 Å². The molecule has 0 saturated carbocycles. The van der Waals surface area contributed by atoms with Crippen LogP contribution in [-0.4, -0.2) is 56.2 Å². The minimum atomic E-state index is -0.640. The van der Waals surface area contributed by atoms with E-state index < -0.39 is 6.09 Å². The minimum absolute atomic E-state index is 0.0769. The summed E-state index contributed by atoms with van der Waals surface area (Å²) in [7, 11) is 1.89. The van der Waals surface area contributed by atoms with Gasteiger partial charge in [0.2, 0.25) is 0 Å². The summed E-state index contributed by atoms with van der Waals surface area (Å²) in [5.41, 5.74) is 6.75. The molecule has 9 heteroatoms. The Morgan fingerprint density at radius 1 is 1.36 bits per heavy atom. The van der Waals surface area contributed by atoms with Gasteiger partial charge in [0, 0.05) is 25.8 Å². The second kappa shape index (κ2) is 13.9. The van der Waals surface area contributed by atoms with Crippen molar-refractivity contribution in [1.29, 1.82) is 0 Å². The number of carbonyl (C=O) groups is 2. The van der Waals surface area contributed by atoms with Crippen molar-refractivity contribution in [3.05, 3.63) is 29.3 Å². The highest BCUT2D eigenvalue weighted by Gasteiger charge is 2.04. The Labute approximate surface area is 147 Å². The number of hydrogen-bond acceptors (Lipinski definition) is 8. The van der Waals surface area contributed by atoms with Crippen molar-refractivity contribution in [3.63, 3.8) is 0 Å². The predicted octanol–water partition coefficient (Wildman–Crippen LogP) is 1.22. The molecule has 9 nitrogen and oxygen atoms in total. The Morgan fingerprint density at radius 2 is 2.08 bits per heavy atom. The van der Waals surface area contributed by atoms with E-state index in [0.29, 0.717) is 25.4 Å². The number of hydrazine groups is 1. The van der Waals surface area contributed by atoms with Gasteiger partial charge in [-0.2, -0.15) is 5.10 Å². The number of rotatable bonds is 9. The highest BCUT2D eigenvalue weighted by atomic mass is 16.5. The van der Waals surface area contributed by atoms with Crippen LogP contribution < -0.4 is 10.9 Å². The Bertz CT molecular complexity index is 539. The largest absolute Gasteiger partial charge is 0.507 e. The van der Waals surface area contributed by atoms with Crippen molar-refractivity contribution in [2.45, 2.75) is 20.4 Å². The first-order valence-corrected chi connectivity index (χ1v) is 7.65. The molecular weight excluding hydrogens is 328 g/mol. The van der Waals surface area contributed by atoms with Gasteiger partial charge in [0.15, 0.2) is 0 Å². The lowest BCUT2D eigenvalue weighted by Crippen LogP contribution is -2.35. The molecule has 3 N–H and O–H groups in total. The molecule has 1 amide bonds. The first-order chi connectivity index (χ1) is 12.1. The normalized spacial score (nSPS) is 10.4. The maximum atomic E-state index is 11.1. The molecule has 0 aliphatic carbocycles. The quantitative estimate of drug-likeness (QED) is 0.264. The van der Waals surface area contributed by atoms with Crippen LogP contribution in [0.5, 0.6) is 5.75 Å². The third-order valence-electron chi connectivity index (χ3n) is 2.79. The Morgan fingerprint density at radius 3 is 2.72 bits per heavy atom. The van der Waals surface area contributed by atoms with Crippen molar-refractivity contribution >= 4 is 19.1 Å². The van der Waals surface area contributed by atoms with E-state index in [9.17, 15) is 9.90 Å². The number of nitrogens with zero attached hydrogens (tertiary/aromatic N) is 2. The van der Waals surface area contributed by atoms with Gasteiger partial charge in [-0.15, -0.1) is 0 Å². The van der Waals surface area contributed by atoms with E-state index in [1.54, 1.807) is 19.1 Å². The smallest absolute Gasteiger partial charge is 0.427 e. The summed E-state index contributed by atoms with van der Waals surface area (Å²) < 4.78 is 9.89. The number of carbonyl (C=O) groups excluding carboxylic acids is 2. The summed E-state index contributed by atoms with van der Waals surface area (Å²) in [5, 5.41) is 15.4. The monoisotopic (exact) mass is 354 g/mol. The first kappa shape index (κ1) is 22.5. The van der Waals surface area contributed by atoms with E-state index in [0.717, 1.165) is 5.56 Å². The molecule has 0 saturated heterocycles. The lowest BCUT2D eigenvalue weighted by molar-refractivity contribution is -0.0980. The lowest BCUT2D eigenvalue weighted by Gasteiger charge is -2.18. The van der Waals surface area contributed by atoms with E-state index >= 15 is 0 Å². The molecule has 0 aromatic heterocycles. The van der Waals surface area contributed by atoms with Gasteiger partial charge in [0.25, 0.3) is 0 Å². The number of hydrazone groups is 1. The van der Waals surface area contributed by atoms with Crippen LogP contribution in [0.2, 0.25) is 0 Å². The number of aromatic hydroxyl groups is 1. The molecule has 25 heavy (non-hydrogen) atoms. The third-order valence-corrected chi connectivity index (χ3v) is 2.79. The first-order valence-electron chi connectivity index (χ1n) is 7.65. The van der Waals surface area contributed by atoms with Gasteiger partial charge < -0.3 is 19.4 Å². The van der Waals surface area contributed by atoms with E-state index in [1.165, 1.54) is 6.21 Å². The molecule has 1 aromatic carbocycles. The van der Waals surface area contributed by atoms with Crippen LogP contribution in [0.1, 0.15) is 25.0 Å². The fraction of sp³-hybridized carbons (Fsp3) is 0.438. The molecule has 0 atom stereocenters. The molecule has 0 bridgehead atoms. The summed E-state index contributed by atoms with van der Waals surface area (Å²) in [6, 6.07) is 5.17. The number of phenolic OH excluding ortho intramolecular Hbond substituents is 1. The Kier molecular flexibility index (Phi) is 12.5. The maximum absolute atomic E-state index is 11.1. The second-order valence-electron chi connectivity index (χ2n) is 4.63. The van der Waals surface area contributed by atoms with E-state index in [-0.39, 0.29) is 12.4 Å². The van der Waals surface area contributed by atoms with Crippen LogP contribution in [0, 0.1) is 0 Å². The zero-order valence-corrected chi connectivity index (χ0v) is 14.8. The number of benzene rings is 1. The summed E-state index contributed by atoms with van der Waals surface area (Å²) >= 11 is 0. The molecule has 0 unspecified atom stereocenters. The standard InChI is InChI=1S/C15H24N4O4.CH2O/c1-4-22-11-17-19(3)10-12-6-7-14(20)13(8-12)9-16-18-15(21)23-5-2;1-2/h6-9,17,20H,4-5,10-11H2,1-3H3,(H,18,21);1H2/b16-9+;. The molecule has 0 fully saturated rings. The highest BCUT2D eigenvalue weighted by Crippen LogP contribution is 2.17. The zero-order chi connectivity index (χ0) is 19.1. The van der Waals surface area contributed by atoms with Crippen molar-refractivity contribution < 1.29 is 24.2 Å². The summed E-state index contributed by atoms with van der Waals surface area (Å²) in [6.07, 6.45) is 0.725. The van der Waals surface area contributed by atoms with Gasteiger partial charge in [0.1, 0.15) is 19.3 Å². The van der Waals surface area contributed by atoms with Crippen LogP contribution in [0.15, 0.2) is 23.3 Å². The van der Waals surface area contributed by atoms with E-state index in [4.69, 9.17) is 9.53 Å². The minimum Gasteiger partial charge on any atom is -0.507 e. The van der Waals surface area contributed by atoms with Gasteiger partial charge in [-0.05, 0) is 31.5 Å². The molecule has 140 valence electrons. The fourth-order valence-electron chi connectivity index (χ4n) is 1.71. The van der Waals surface area contributed by atoms with Crippen molar-refractivity contribution in [3.8, 4) is 5.75 Å². The molecule has 0 radical (unpaired) electrons. The van der Waals surface area contributed by atoms with Crippen molar-refractivity contribution in [2.24, 2.45) is 5.10 Å². The van der Waals surface area contributed by atoms with Crippen molar-refractivity contribution in [2.75, 3.05) is 27.0 Å². The molecule has 0 spiro atoms. The van der Waals surface area contributed by atoms with Gasteiger partial charge in [-0.25, -0.2) is 20.7 Å². The fourth-order valence-corrected chi connectivity index (χ4v) is 1.71. The number of phenols is 1. The number of ether oxygens (including phenoxy) is 2. The van der Waals surface area contributed by atoms with Crippen LogP contribution in [0.4, 0.5) is 4.79 Å². The Balaban J connectivity index is 0.00000277.